The van der Waals surface area contributed by atoms with Gasteiger partial charge in [0.2, 0.25) is 11.8 Å². The van der Waals surface area contributed by atoms with Gasteiger partial charge >= 0.3 is 0 Å². The van der Waals surface area contributed by atoms with Crippen LogP contribution in [0.1, 0.15) is 32.8 Å². The van der Waals surface area contributed by atoms with Crippen molar-refractivity contribution in [2.24, 2.45) is 17.6 Å². The van der Waals surface area contributed by atoms with Gasteiger partial charge in [0.15, 0.2) is 0 Å². The molecule has 150 valence electrons. The molecule has 1 saturated heterocycles. The standard InChI is InChI=1S/C21H34N4O2/c1-4-25(19(26)12-23-21(27)20(22)16(2)3)15-18-10-11-24(14-18)13-17-8-6-5-7-9-17/h5-9,16,18,20H,4,10-15,22H2,1-3H3,(H,23,27)/t18?,20-/m0/s1. The molecular weight excluding hydrogens is 340 g/mol. The van der Waals surface area contributed by atoms with Crippen molar-refractivity contribution in [2.75, 3.05) is 32.7 Å². The van der Waals surface area contributed by atoms with E-state index in [1.807, 2.05) is 31.7 Å². The van der Waals surface area contributed by atoms with Gasteiger partial charge in [0.25, 0.3) is 0 Å². The number of carbonyl (C=O) groups excluding carboxylic acids is 2. The maximum absolute atomic E-state index is 12.5. The van der Waals surface area contributed by atoms with Crippen LogP contribution < -0.4 is 11.1 Å². The second-order valence-corrected chi connectivity index (χ2v) is 7.80. The smallest absolute Gasteiger partial charge is 0.241 e. The second kappa shape index (κ2) is 10.4. The fourth-order valence-electron chi connectivity index (χ4n) is 3.46. The van der Waals surface area contributed by atoms with E-state index in [0.29, 0.717) is 12.5 Å². The Morgan fingerprint density at radius 2 is 2.00 bits per heavy atom. The van der Waals surface area contributed by atoms with Crippen molar-refractivity contribution in [3.05, 3.63) is 35.9 Å². The molecule has 0 aliphatic carbocycles. The summed E-state index contributed by atoms with van der Waals surface area (Å²) >= 11 is 0. The fraction of sp³-hybridized carbons (Fsp3) is 0.619. The molecule has 6 heteroatoms. The Labute approximate surface area is 163 Å². The summed E-state index contributed by atoms with van der Waals surface area (Å²) in [6.45, 7) is 10.2. The van der Waals surface area contributed by atoms with E-state index in [1.165, 1.54) is 5.56 Å². The summed E-state index contributed by atoms with van der Waals surface area (Å²) in [5.74, 6) is 0.232. The lowest BCUT2D eigenvalue weighted by Crippen LogP contribution is -2.48. The van der Waals surface area contributed by atoms with E-state index in [9.17, 15) is 9.59 Å². The van der Waals surface area contributed by atoms with Crippen LogP contribution in [-0.4, -0.2) is 60.4 Å². The van der Waals surface area contributed by atoms with Crippen LogP contribution in [0.4, 0.5) is 0 Å². The highest BCUT2D eigenvalue weighted by molar-refractivity contribution is 5.87. The first-order valence-electron chi connectivity index (χ1n) is 9.98. The second-order valence-electron chi connectivity index (χ2n) is 7.80. The predicted molar refractivity (Wildman–Crippen MR) is 108 cm³/mol. The van der Waals surface area contributed by atoms with Crippen molar-refractivity contribution in [1.29, 1.82) is 0 Å². The monoisotopic (exact) mass is 374 g/mol. The maximum Gasteiger partial charge on any atom is 0.241 e. The average molecular weight is 375 g/mol. The summed E-state index contributed by atoms with van der Waals surface area (Å²) in [4.78, 5) is 28.7. The van der Waals surface area contributed by atoms with Gasteiger partial charge in [-0.1, -0.05) is 44.2 Å². The molecule has 2 amide bonds. The summed E-state index contributed by atoms with van der Waals surface area (Å²) in [5, 5.41) is 2.68. The Balaban J connectivity index is 1.77. The molecule has 1 aliphatic heterocycles. The number of nitrogens with one attached hydrogen (secondary N) is 1. The highest BCUT2D eigenvalue weighted by Gasteiger charge is 2.26. The SMILES string of the molecule is CCN(CC1CCN(Cc2ccccc2)C1)C(=O)CNC(=O)[C@@H](N)C(C)C. The minimum atomic E-state index is -0.575. The first kappa shape index (κ1) is 21.4. The summed E-state index contributed by atoms with van der Waals surface area (Å²) in [5.41, 5.74) is 7.15. The first-order valence-corrected chi connectivity index (χ1v) is 9.98. The minimum Gasteiger partial charge on any atom is -0.346 e. The number of rotatable bonds is 9. The number of likely N-dealkylation sites (N-methyl/N-ethyl adjacent to an activating group) is 1. The quantitative estimate of drug-likeness (QED) is 0.686. The Morgan fingerprint density at radius 1 is 1.30 bits per heavy atom. The largest absolute Gasteiger partial charge is 0.346 e. The number of likely N-dealkylation sites (tertiary alicyclic amines) is 1. The van der Waals surface area contributed by atoms with Crippen molar-refractivity contribution < 1.29 is 9.59 Å². The number of nitrogens with zero attached hydrogens (tertiary/aromatic N) is 2. The molecule has 0 saturated carbocycles. The van der Waals surface area contributed by atoms with E-state index in [4.69, 9.17) is 5.73 Å². The van der Waals surface area contributed by atoms with Gasteiger partial charge in [-0.05, 0) is 37.3 Å². The number of benzene rings is 1. The Hall–Kier alpha value is -1.92. The zero-order valence-corrected chi connectivity index (χ0v) is 16.9. The summed E-state index contributed by atoms with van der Waals surface area (Å²) in [6.07, 6.45) is 1.10. The molecule has 27 heavy (non-hydrogen) atoms. The molecule has 1 aliphatic rings. The van der Waals surface area contributed by atoms with Gasteiger partial charge in [0.1, 0.15) is 0 Å². The topological polar surface area (TPSA) is 78.7 Å². The number of amides is 2. The molecular formula is C21H34N4O2. The van der Waals surface area contributed by atoms with Crippen molar-refractivity contribution >= 4 is 11.8 Å². The lowest BCUT2D eigenvalue weighted by molar-refractivity contribution is -0.133. The van der Waals surface area contributed by atoms with Gasteiger partial charge in [0, 0.05) is 26.2 Å². The lowest BCUT2D eigenvalue weighted by Gasteiger charge is -2.25. The van der Waals surface area contributed by atoms with E-state index in [1.54, 1.807) is 0 Å². The predicted octanol–water partition coefficient (Wildman–Crippen LogP) is 1.46. The van der Waals surface area contributed by atoms with Crippen LogP contribution in [0.3, 0.4) is 0 Å². The molecule has 1 aromatic rings. The van der Waals surface area contributed by atoms with Crippen LogP contribution in [0.15, 0.2) is 30.3 Å². The molecule has 2 rings (SSSR count). The minimum absolute atomic E-state index is 0.0214. The van der Waals surface area contributed by atoms with Crippen molar-refractivity contribution in [3.63, 3.8) is 0 Å². The summed E-state index contributed by atoms with van der Waals surface area (Å²) < 4.78 is 0. The van der Waals surface area contributed by atoms with Crippen LogP contribution in [-0.2, 0) is 16.1 Å². The van der Waals surface area contributed by atoms with Gasteiger partial charge in [-0.25, -0.2) is 0 Å². The van der Waals surface area contributed by atoms with Gasteiger partial charge in [0.05, 0.1) is 12.6 Å². The number of nitrogens with two attached hydrogens (primary N) is 1. The Kier molecular flexibility index (Phi) is 8.25. The highest BCUT2D eigenvalue weighted by atomic mass is 16.2. The van der Waals surface area contributed by atoms with Crippen molar-refractivity contribution in [2.45, 2.75) is 39.8 Å². The number of hydrogen-bond acceptors (Lipinski definition) is 4. The van der Waals surface area contributed by atoms with E-state index < -0.39 is 6.04 Å². The van der Waals surface area contributed by atoms with Crippen molar-refractivity contribution in [3.8, 4) is 0 Å². The van der Waals surface area contributed by atoms with Crippen LogP contribution >= 0.6 is 0 Å². The molecule has 1 fully saturated rings. The van der Waals surface area contributed by atoms with E-state index in [0.717, 1.165) is 32.6 Å². The lowest BCUT2D eigenvalue weighted by atomic mass is 10.1. The molecule has 0 aromatic heterocycles. The van der Waals surface area contributed by atoms with E-state index >= 15 is 0 Å². The van der Waals surface area contributed by atoms with Gasteiger partial charge in [-0.15, -0.1) is 0 Å². The molecule has 0 spiro atoms. The van der Waals surface area contributed by atoms with Gasteiger partial charge < -0.3 is 16.0 Å². The van der Waals surface area contributed by atoms with E-state index in [-0.39, 0.29) is 24.3 Å². The zero-order chi connectivity index (χ0) is 19.8. The van der Waals surface area contributed by atoms with Crippen molar-refractivity contribution in [1.82, 2.24) is 15.1 Å². The number of carbonyl (C=O) groups is 2. The third-order valence-electron chi connectivity index (χ3n) is 5.27. The molecule has 3 N–H and O–H groups in total. The number of hydrogen-bond donors (Lipinski definition) is 2. The fourth-order valence-corrected chi connectivity index (χ4v) is 3.46. The molecule has 1 unspecified atom stereocenters. The Bertz CT molecular complexity index is 605. The van der Waals surface area contributed by atoms with E-state index in [2.05, 4.69) is 34.5 Å². The molecule has 0 radical (unpaired) electrons. The van der Waals surface area contributed by atoms with Crippen LogP contribution in [0, 0.1) is 11.8 Å². The van der Waals surface area contributed by atoms with Gasteiger partial charge in [-0.2, -0.15) is 0 Å². The van der Waals surface area contributed by atoms with Crippen LogP contribution in [0.25, 0.3) is 0 Å². The third kappa shape index (κ3) is 6.63. The summed E-state index contributed by atoms with van der Waals surface area (Å²) in [7, 11) is 0. The maximum atomic E-state index is 12.5. The molecule has 6 nitrogen and oxygen atoms in total. The van der Waals surface area contributed by atoms with Gasteiger partial charge in [-0.3, -0.25) is 14.5 Å². The Morgan fingerprint density at radius 3 is 2.63 bits per heavy atom. The average Bonchev–Trinajstić information content (AvgIpc) is 3.10. The highest BCUT2D eigenvalue weighted by Crippen LogP contribution is 2.19. The zero-order valence-electron chi connectivity index (χ0n) is 16.9. The summed E-state index contributed by atoms with van der Waals surface area (Å²) in [6, 6.07) is 9.90. The first-order chi connectivity index (χ1) is 12.9. The normalized spacial score (nSPS) is 18.5. The van der Waals surface area contributed by atoms with Crippen LogP contribution in [0.2, 0.25) is 0 Å². The molecule has 1 aromatic carbocycles. The molecule has 2 atom stereocenters. The molecule has 1 heterocycles. The van der Waals surface area contributed by atoms with Crippen LogP contribution in [0.5, 0.6) is 0 Å². The molecule has 0 bridgehead atoms. The third-order valence-corrected chi connectivity index (χ3v) is 5.27.